The summed E-state index contributed by atoms with van der Waals surface area (Å²) in [5.41, 5.74) is -0.367. The van der Waals surface area contributed by atoms with Crippen LogP contribution in [-0.4, -0.2) is 16.1 Å². The number of hydrogen-bond acceptors (Lipinski definition) is 2. The third kappa shape index (κ3) is 1.65. The lowest BCUT2D eigenvalue weighted by Gasteiger charge is -1.97. The maximum absolute atomic E-state index is 12.6. The summed E-state index contributed by atoms with van der Waals surface area (Å²) in [7, 11) is 0. The SMILES string of the molecule is O=C(O)c1c(I)ccnc1F. The van der Waals surface area contributed by atoms with Crippen molar-refractivity contribution in [3.63, 3.8) is 0 Å². The van der Waals surface area contributed by atoms with Crippen LogP contribution in [-0.2, 0) is 0 Å². The number of nitrogens with zero attached hydrogens (tertiary/aromatic N) is 1. The van der Waals surface area contributed by atoms with Crippen molar-refractivity contribution in [1.29, 1.82) is 0 Å². The van der Waals surface area contributed by atoms with Crippen LogP contribution in [0, 0.1) is 9.52 Å². The monoisotopic (exact) mass is 267 g/mol. The van der Waals surface area contributed by atoms with Crippen molar-refractivity contribution >= 4 is 28.6 Å². The zero-order valence-electron chi connectivity index (χ0n) is 5.21. The number of carbonyl (C=O) groups is 1. The molecule has 1 rings (SSSR count). The maximum Gasteiger partial charge on any atom is 0.341 e. The summed E-state index contributed by atoms with van der Waals surface area (Å²) >= 11 is 1.74. The number of rotatable bonds is 1. The molecule has 0 saturated heterocycles. The van der Waals surface area contributed by atoms with Gasteiger partial charge in [0.05, 0.1) is 0 Å². The Morgan fingerprint density at radius 3 is 2.73 bits per heavy atom. The van der Waals surface area contributed by atoms with Gasteiger partial charge >= 0.3 is 5.97 Å². The number of halogens is 2. The standard InChI is InChI=1S/C6H3FINO2/c7-5-4(6(10)11)3(8)1-2-9-5/h1-2H,(H,10,11). The fraction of sp³-hybridized carbons (Fsp3) is 0. The summed E-state index contributed by atoms with van der Waals surface area (Å²) in [6.07, 6.45) is 1.23. The van der Waals surface area contributed by atoms with Crippen molar-refractivity contribution in [2.75, 3.05) is 0 Å². The summed E-state index contributed by atoms with van der Waals surface area (Å²) in [5, 5.41) is 8.46. The lowest BCUT2D eigenvalue weighted by atomic mass is 10.3. The van der Waals surface area contributed by atoms with Crippen LogP contribution in [0.5, 0.6) is 0 Å². The van der Waals surface area contributed by atoms with E-state index in [1.807, 2.05) is 0 Å². The number of pyridine rings is 1. The summed E-state index contributed by atoms with van der Waals surface area (Å²) < 4.78 is 13.0. The van der Waals surface area contributed by atoms with Gasteiger partial charge in [0.15, 0.2) is 0 Å². The molecule has 0 unspecified atom stereocenters. The van der Waals surface area contributed by atoms with Gasteiger partial charge in [-0.05, 0) is 28.7 Å². The van der Waals surface area contributed by atoms with E-state index in [1.165, 1.54) is 12.3 Å². The average Bonchev–Trinajstić information content (AvgIpc) is 1.85. The van der Waals surface area contributed by atoms with Gasteiger partial charge in [-0.1, -0.05) is 0 Å². The molecule has 0 spiro atoms. The Morgan fingerprint density at radius 2 is 2.36 bits per heavy atom. The molecule has 5 heteroatoms. The molecule has 0 saturated carbocycles. The Balaban J connectivity index is 3.32. The van der Waals surface area contributed by atoms with Gasteiger partial charge < -0.3 is 5.11 Å². The lowest BCUT2D eigenvalue weighted by molar-refractivity contribution is 0.0689. The maximum atomic E-state index is 12.6. The molecule has 0 atom stereocenters. The smallest absolute Gasteiger partial charge is 0.341 e. The molecule has 0 aromatic carbocycles. The van der Waals surface area contributed by atoms with Gasteiger partial charge in [-0.2, -0.15) is 4.39 Å². The quantitative estimate of drug-likeness (QED) is 0.620. The molecule has 1 heterocycles. The molecular formula is C6H3FINO2. The Morgan fingerprint density at radius 1 is 1.73 bits per heavy atom. The van der Waals surface area contributed by atoms with E-state index in [0.717, 1.165) is 0 Å². The van der Waals surface area contributed by atoms with Crippen molar-refractivity contribution in [2.45, 2.75) is 0 Å². The minimum atomic E-state index is -1.29. The predicted molar refractivity (Wildman–Crippen MR) is 43.9 cm³/mol. The van der Waals surface area contributed by atoms with Crippen molar-refractivity contribution < 1.29 is 14.3 Å². The second-order valence-corrected chi connectivity index (χ2v) is 2.93. The van der Waals surface area contributed by atoms with Crippen LogP contribution in [0.15, 0.2) is 12.3 Å². The number of hydrogen-bond donors (Lipinski definition) is 1. The third-order valence-corrected chi connectivity index (χ3v) is 1.97. The van der Waals surface area contributed by atoms with Gasteiger partial charge in [-0.3, -0.25) is 0 Å². The molecule has 1 aromatic rings. The highest BCUT2D eigenvalue weighted by Crippen LogP contribution is 2.12. The van der Waals surface area contributed by atoms with Crippen LogP contribution < -0.4 is 0 Å². The van der Waals surface area contributed by atoms with Crippen molar-refractivity contribution in [3.05, 3.63) is 27.3 Å². The fourth-order valence-corrected chi connectivity index (χ4v) is 1.22. The van der Waals surface area contributed by atoms with E-state index in [9.17, 15) is 9.18 Å². The first kappa shape index (κ1) is 8.38. The molecule has 58 valence electrons. The van der Waals surface area contributed by atoms with E-state index in [1.54, 1.807) is 22.6 Å². The Kier molecular flexibility index (Phi) is 2.38. The van der Waals surface area contributed by atoms with E-state index in [4.69, 9.17) is 5.11 Å². The van der Waals surface area contributed by atoms with Crippen LogP contribution >= 0.6 is 22.6 Å². The van der Waals surface area contributed by atoms with E-state index >= 15 is 0 Å². The van der Waals surface area contributed by atoms with Crippen LogP contribution in [0.4, 0.5) is 4.39 Å². The van der Waals surface area contributed by atoms with Gasteiger partial charge in [0.1, 0.15) is 5.56 Å². The van der Waals surface area contributed by atoms with E-state index in [-0.39, 0.29) is 5.56 Å². The number of carboxylic acids is 1. The van der Waals surface area contributed by atoms with Crippen LogP contribution in [0.3, 0.4) is 0 Å². The zero-order chi connectivity index (χ0) is 8.43. The number of aromatic carboxylic acids is 1. The summed E-state index contributed by atoms with van der Waals surface area (Å²) in [6.45, 7) is 0. The molecule has 0 amide bonds. The largest absolute Gasteiger partial charge is 0.477 e. The fourth-order valence-electron chi connectivity index (χ4n) is 0.605. The van der Waals surface area contributed by atoms with Crippen LogP contribution in [0.25, 0.3) is 0 Å². The molecule has 1 aromatic heterocycles. The first-order valence-electron chi connectivity index (χ1n) is 2.66. The molecule has 3 nitrogen and oxygen atoms in total. The third-order valence-electron chi connectivity index (χ3n) is 1.07. The van der Waals surface area contributed by atoms with Crippen molar-refractivity contribution in [1.82, 2.24) is 4.98 Å². The molecule has 0 radical (unpaired) electrons. The van der Waals surface area contributed by atoms with Crippen LogP contribution in [0.2, 0.25) is 0 Å². The Bertz CT molecular complexity index is 282. The Labute approximate surface area is 75.4 Å². The molecular weight excluding hydrogens is 264 g/mol. The first-order valence-corrected chi connectivity index (χ1v) is 3.74. The molecule has 0 aliphatic rings. The molecule has 11 heavy (non-hydrogen) atoms. The average molecular weight is 267 g/mol. The van der Waals surface area contributed by atoms with Gasteiger partial charge in [0.25, 0.3) is 0 Å². The summed E-state index contributed by atoms with van der Waals surface area (Å²) in [6, 6.07) is 1.44. The highest BCUT2D eigenvalue weighted by Gasteiger charge is 2.14. The predicted octanol–water partition coefficient (Wildman–Crippen LogP) is 1.52. The summed E-state index contributed by atoms with van der Waals surface area (Å²) in [4.78, 5) is 13.6. The van der Waals surface area contributed by atoms with Crippen LogP contribution in [0.1, 0.15) is 10.4 Å². The van der Waals surface area contributed by atoms with Crippen molar-refractivity contribution in [2.24, 2.45) is 0 Å². The molecule has 0 fully saturated rings. The summed E-state index contributed by atoms with van der Waals surface area (Å²) in [5.74, 6) is -2.23. The minimum Gasteiger partial charge on any atom is -0.477 e. The topological polar surface area (TPSA) is 50.2 Å². The normalized spacial score (nSPS) is 9.64. The molecule has 0 aliphatic heterocycles. The van der Waals surface area contributed by atoms with E-state index in [2.05, 4.69) is 4.98 Å². The Hall–Kier alpha value is -0.720. The molecule has 1 N–H and O–H groups in total. The number of carboxylic acid groups (broad SMARTS) is 1. The molecule has 0 aliphatic carbocycles. The van der Waals surface area contributed by atoms with Crippen molar-refractivity contribution in [3.8, 4) is 0 Å². The first-order chi connectivity index (χ1) is 5.13. The van der Waals surface area contributed by atoms with Gasteiger partial charge in [-0.15, -0.1) is 0 Å². The van der Waals surface area contributed by atoms with E-state index < -0.39 is 11.9 Å². The minimum absolute atomic E-state index is 0.350. The van der Waals surface area contributed by atoms with Gasteiger partial charge in [-0.25, -0.2) is 9.78 Å². The number of aromatic nitrogens is 1. The molecule has 0 bridgehead atoms. The second-order valence-electron chi connectivity index (χ2n) is 1.76. The van der Waals surface area contributed by atoms with Gasteiger partial charge in [0, 0.05) is 9.77 Å². The highest BCUT2D eigenvalue weighted by atomic mass is 127. The highest BCUT2D eigenvalue weighted by molar-refractivity contribution is 14.1. The lowest BCUT2D eigenvalue weighted by Crippen LogP contribution is -2.04. The van der Waals surface area contributed by atoms with Gasteiger partial charge in [0.2, 0.25) is 5.95 Å². The zero-order valence-corrected chi connectivity index (χ0v) is 7.37. The second kappa shape index (κ2) is 3.12. The van der Waals surface area contributed by atoms with E-state index in [0.29, 0.717) is 3.57 Å².